The van der Waals surface area contributed by atoms with E-state index in [-0.39, 0.29) is 9.06 Å². The molecular formula is C30H20BN4P. The Labute approximate surface area is 213 Å². The van der Waals surface area contributed by atoms with Crippen molar-refractivity contribution in [2.45, 2.75) is 0 Å². The lowest BCUT2D eigenvalue weighted by atomic mass is 10.0. The molecule has 0 amide bonds. The van der Waals surface area contributed by atoms with E-state index in [9.17, 15) is 0 Å². The fourth-order valence-corrected chi connectivity index (χ4v) is 4.58. The summed E-state index contributed by atoms with van der Waals surface area (Å²) < 4.78 is 6.01. The first-order valence-corrected chi connectivity index (χ1v) is 12.1. The van der Waals surface area contributed by atoms with Crippen molar-refractivity contribution in [1.82, 2.24) is 19.9 Å². The Kier molecular flexibility index (Phi) is 5.54. The molecule has 3 aromatic carbocycles. The molecular weight excluding hydrogens is 458 g/mol. The van der Waals surface area contributed by atoms with Gasteiger partial charge >= 0.3 is 0 Å². The summed E-state index contributed by atoms with van der Waals surface area (Å²) in [5, 5.41) is 4.37. The van der Waals surface area contributed by atoms with Gasteiger partial charge in [-0.1, -0.05) is 72.8 Å². The van der Waals surface area contributed by atoms with Crippen molar-refractivity contribution in [2.75, 3.05) is 0 Å². The number of pyridine rings is 4. The Bertz CT molecular complexity index is 1760. The minimum absolute atomic E-state index is 0.167. The Morgan fingerprint density at radius 3 is 1.28 bits per heavy atom. The topological polar surface area (TPSA) is 51.6 Å². The zero-order chi connectivity index (χ0) is 25.2. The molecule has 0 N–H and O–H groups in total. The predicted molar refractivity (Wildman–Crippen MR) is 154 cm³/mol. The number of fused-ring (bicyclic) bond motifs is 6. The normalized spacial score (nSPS) is 11.7. The molecule has 7 rings (SSSR count). The first kappa shape index (κ1) is 21.1. The summed E-state index contributed by atoms with van der Waals surface area (Å²) >= 11 is 0. The lowest BCUT2D eigenvalue weighted by Gasteiger charge is -2.08. The van der Waals surface area contributed by atoms with Gasteiger partial charge in [0.25, 0.3) is 0 Å². The number of hydrogen-bond donors (Lipinski definition) is 0. The van der Waals surface area contributed by atoms with Gasteiger partial charge in [0.1, 0.15) is 0 Å². The highest BCUT2D eigenvalue weighted by Gasteiger charge is 2.09. The molecule has 0 saturated carbocycles. The van der Waals surface area contributed by atoms with E-state index < -0.39 is 0 Å². The molecule has 168 valence electrons. The fraction of sp³-hybridized carbons (Fsp3) is 0. The number of hydrogen-bond acceptors (Lipinski definition) is 4. The number of nitrogens with zero attached hydrogens (tertiary/aromatic N) is 4. The van der Waals surface area contributed by atoms with Gasteiger partial charge in [-0.05, 0) is 24.3 Å². The van der Waals surface area contributed by atoms with Crippen LogP contribution in [0.1, 0.15) is 0 Å². The summed E-state index contributed by atoms with van der Waals surface area (Å²) in [7, 11) is 4.38. The summed E-state index contributed by atoms with van der Waals surface area (Å²) in [6.07, 6.45) is 3.64. The highest BCUT2D eigenvalue weighted by atomic mass is 31.0. The van der Waals surface area contributed by atoms with E-state index in [1.165, 1.54) is 0 Å². The molecule has 0 bridgehead atoms. The van der Waals surface area contributed by atoms with Gasteiger partial charge in [-0.25, -0.2) is 9.97 Å². The molecule has 2 radical (unpaired) electrons. The summed E-state index contributed by atoms with van der Waals surface area (Å²) in [6.45, 7) is 0. The SMILES string of the molecule is [2H]P[B].c1cnc2c(c1)ccc1ccc(-c3ccc(-c4ccc5ccc6cccnc6c5n4)cc3)nc12. The van der Waals surface area contributed by atoms with Crippen molar-refractivity contribution < 1.29 is 0 Å². The molecule has 6 heteroatoms. The second kappa shape index (κ2) is 9.45. The van der Waals surface area contributed by atoms with Crippen LogP contribution in [0.2, 0.25) is 0 Å². The Morgan fingerprint density at radius 1 is 0.500 bits per heavy atom. The molecule has 0 aliphatic rings. The van der Waals surface area contributed by atoms with E-state index in [1.54, 1.807) is 0 Å². The summed E-state index contributed by atoms with van der Waals surface area (Å²) in [5.74, 6) is 0. The third-order valence-electron chi connectivity index (χ3n) is 6.34. The molecule has 4 heterocycles. The van der Waals surface area contributed by atoms with Crippen molar-refractivity contribution in [1.29, 1.82) is 1.28 Å². The minimum Gasteiger partial charge on any atom is -0.254 e. The van der Waals surface area contributed by atoms with E-state index in [4.69, 9.17) is 11.2 Å². The lowest BCUT2D eigenvalue weighted by Crippen LogP contribution is -1.90. The van der Waals surface area contributed by atoms with Crippen LogP contribution in [-0.4, -0.2) is 28.8 Å². The fourth-order valence-electron chi connectivity index (χ4n) is 4.58. The van der Waals surface area contributed by atoms with Gasteiger partial charge in [-0.15, -0.1) is 0 Å². The molecule has 36 heavy (non-hydrogen) atoms. The van der Waals surface area contributed by atoms with E-state index in [0.717, 1.165) is 66.1 Å². The van der Waals surface area contributed by atoms with Gasteiger partial charge < -0.3 is 0 Å². The second-order valence-electron chi connectivity index (χ2n) is 8.40. The maximum atomic E-state index is 6.01. The molecule has 7 aromatic rings. The molecule has 0 fully saturated rings. The van der Waals surface area contributed by atoms with Crippen molar-refractivity contribution in [3.63, 3.8) is 0 Å². The monoisotopic (exact) mass is 479 g/mol. The molecule has 0 aliphatic heterocycles. The largest absolute Gasteiger partial charge is 0.254 e. The van der Waals surface area contributed by atoms with Gasteiger partial charge in [0.2, 0.25) is 0 Å². The Hall–Kier alpha value is -4.21. The van der Waals surface area contributed by atoms with Crippen LogP contribution in [0, 0.1) is 0 Å². The molecule has 4 nitrogen and oxygen atoms in total. The first-order valence-electron chi connectivity index (χ1n) is 12.0. The maximum Gasteiger partial charge on any atom is 0.0996 e. The molecule has 1 unspecified atom stereocenters. The third kappa shape index (κ3) is 3.88. The highest BCUT2D eigenvalue weighted by Crippen LogP contribution is 2.29. The highest BCUT2D eigenvalue weighted by molar-refractivity contribution is 7.49. The van der Waals surface area contributed by atoms with Crippen molar-refractivity contribution in [3.8, 4) is 22.5 Å². The van der Waals surface area contributed by atoms with Gasteiger partial charge in [0.05, 0.1) is 41.0 Å². The van der Waals surface area contributed by atoms with Crippen molar-refractivity contribution in [3.05, 3.63) is 109 Å². The molecule has 0 saturated heterocycles. The van der Waals surface area contributed by atoms with E-state index >= 15 is 0 Å². The summed E-state index contributed by atoms with van der Waals surface area (Å²) in [6, 6.07) is 33.2. The summed E-state index contributed by atoms with van der Waals surface area (Å²) in [5.41, 5.74) is 7.69. The van der Waals surface area contributed by atoms with Gasteiger partial charge in [0.15, 0.2) is 0 Å². The minimum atomic E-state index is -0.167. The van der Waals surface area contributed by atoms with Crippen LogP contribution in [0.3, 0.4) is 0 Å². The Balaban J connectivity index is 0.000000804. The number of aromatic nitrogens is 4. The summed E-state index contributed by atoms with van der Waals surface area (Å²) in [4.78, 5) is 19.1. The smallest absolute Gasteiger partial charge is 0.0996 e. The van der Waals surface area contributed by atoms with Crippen LogP contribution >= 0.6 is 9.06 Å². The van der Waals surface area contributed by atoms with Crippen LogP contribution in [0.15, 0.2) is 109 Å². The zero-order valence-corrected chi connectivity index (χ0v) is 20.3. The van der Waals surface area contributed by atoms with E-state index in [1.807, 2.05) is 24.5 Å². The van der Waals surface area contributed by atoms with E-state index in [0.29, 0.717) is 0 Å². The predicted octanol–water partition coefficient (Wildman–Crippen LogP) is 7.16. The number of benzene rings is 3. The average molecular weight is 479 g/mol. The van der Waals surface area contributed by atoms with Gasteiger partial charge in [-0.3, -0.25) is 9.97 Å². The van der Waals surface area contributed by atoms with Crippen LogP contribution in [0.5, 0.6) is 0 Å². The molecule has 1 atom stereocenters. The van der Waals surface area contributed by atoms with Gasteiger partial charge in [-0.2, -0.15) is 9.06 Å². The molecule has 4 aromatic heterocycles. The number of rotatable bonds is 2. The van der Waals surface area contributed by atoms with Crippen LogP contribution in [-0.2, 0) is 0 Å². The third-order valence-corrected chi connectivity index (χ3v) is 6.34. The van der Waals surface area contributed by atoms with Crippen molar-refractivity contribution in [2.24, 2.45) is 0 Å². The molecule has 0 spiro atoms. The van der Waals surface area contributed by atoms with Crippen molar-refractivity contribution >= 4 is 60.2 Å². The standard InChI is InChI=1S/C30H18N4.BH2P/c1-3-21-9-11-23-13-15-25(33-29(23)27(21)31-17-1)19-5-7-20(8-6-19)26-16-14-24-12-10-22-4-2-18-32-28(22)30(24)34-26;1-2/h1-18H;2H2/i;2D. The lowest BCUT2D eigenvalue weighted by molar-refractivity contribution is 1.36. The van der Waals surface area contributed by atoms with Crippen LogP contribution in [0.25, 0.3) is 66.1 Å². The van der Waals surface area contributed by atoms with Crippen LogP contribution < -0.4 is 0 Å². The van der Waals surface area contributed by atoms with E-state index in [2.05, 4.69) is 102 Å². The second-order valence-corrected chi connectivity index (χ2v) is 8.40. The average Bonchev–Trinajstić information content (AvgIpc) is 2.97. The molecule has 0 aliphatic carbocycles. The maximum absolute atomic E-state index is 6.01. The van der Waals surface area contributed by atoms with Crippen LogP contribution in [0.4, 0.5) is 0 Å². The Morgan fingerprint density at radius 2 is 0.861 bits per heavy atom. The quantitative estimate of drug-likeness (QED) is 0.150. The zero-order valence-electron chi connectivity index (χ0n) is 20.3. The van der Waals surface area contributed by atoms with Gasteiger partial charge in [0, 0.05) is 46.3 Å². The first-order chi connectivity index (χ1) is 18.2.